The first-order valence-corrected chi connectivity index (χ1v) is 10.5. The van der Waals surface area contributed by atoms with Crippen LogP contribution in [0.15, 0.2) is 54.6 Å². The van der Waals surface area contributed by atoms with Crippen molar-refractivity contribution in [3.63, 3.8) is 0 Å². The van der Waals surface area contributed by atoms with Crippen molar-refractivity contribution >= 4 is 40.8 Å². The standard InChI is InChI=1S/C19H21ClFN3O.C4H4O4/c1-24-9-7-14(8-10-24)22-15-3-2-4-16(12-15)23-19(25)17-6-5-13(21)11-18(17)20;5-3(6)1-2-4(7)8/h2-6,11-12,14,22H,7-10H2,1H3,(H,23,25);1-2H,(H,5,6)(H,7,8)/b;2-1+. The van der Waals surface area contributed by atoms with Crippen LogP contribution in [-0.2, 0) is 9.59 Å². The maximum Gasteiger partial charge on any atom is 0.328 e. The summed E-state index contributed by atoms with van der Waals surface area (Å²) < 4.78 is 13.1. The van der Waals surface area contributed by atoms with Gasteiger partial charge in [0.25, 0.3) is 5.91 Å². The third-order valence-corrected chi connectivity index (χ3v) is 5.07. The summed E-state index contributed by atoms with van der Waals surface area (Å²) in [6.07, 6.45) is 3.31. The minimum absolute atomic E-state index is 0.0955. The van der Waals surface area contributed by atoms with Gasteiger partial charge in [0.15, 0.2) is 0 Å². The van der Waals surface area contributed by atoms with Gasteiger partial charge < -0.3 is 25.7 Å². The van der Waals surface area contributed by atoms with Crippen LogP contribution in [-0.4, -0.2) is 59.1 Å². The number of likely N-dealkylation sites (tertiary alicyclic amines) is 1. The number of hydrogen-bond acceptors (Lipinski definition) is 5. The van der Waals surface area contributed by atoms with E-state index in [2.05, 4.69) is 22.6 Å². The number of carbonyl (C=O) groups excluding carboxylic acids is 1. The smallest absolute Gasteiger partial charge is 0.328 e. The molecule has 0 saturated carbocycles. The van der Waals surface area contributed by atoms with E-state index >= 15 is 0 Å². The monoisotopic (exact) mass is 477 g/mol. The lowest BCUT2D eigenvalue weighted by Crippen LogP contribution is -2.36. The van der Waals surface area contributed by atoms with Crippen LogP contribution in [0.4, 0.5) is 15.8 Å². The van der Waals surface area contributed by atoms with Gasteiger partial charge in [-0.3, -0.25) is 4.79 Å². The number of amides is 1. The molecule has 0 aliphatic carbocycles. The first-order chi connectivity index (χ1) is 15.6. The molecule has 2 aromatic rings. The Hall–Kier alpha value is -3.43. The lowest BCUT2D eigenvalue weighted by molar-refractivity contribution is -0.134. The van der Waals surface area contributed by atoms with Crippen LogP contribution in [0.5, 0.6) is 0 Å². The van der Waals surface area contributed by atoms with Crippen LogP contribution in [0.2, 0.25) is 5.02 Å². The van der Waals surface area contributed by atoms with E-state index in [0.717, 1.165) is 37.7 Å². The molecule has 1 saturated heterocycles. The molecule has 2 aromatic carbocycles. The summed E-state index contributed by atoms with van der Waals surface area (Å²) >= 11 is 5.95. The Balaban J connectivity index is 0.000000414. The van der Waals surface area contributed by atoms with Crippen LogP contribution in [0, 0.1) is 5.82 Å². The summed E-state index contributed by atoms with van der Waals surface area (Å²) in [6.45, 7) is 2.16. The predicted octanol–water partition coefficient (Wildman–Crippen LogP) is 3.95. The van der Waals surface area contributed by atoms with Crippen molar-refractivity contribution in [1.29, 1.82) is 0 Å². The summed E-state index contributed by atoms with van der Waals surface area (Å²) in [7, 11) is 2.13. The zero-order valence-electron chi connectivity index (χ0n) is 17.9. The van der Waals surface area contributed by atoms with Gasteiger partial charge in [0.1, 0.15) is 5.82 Å². The molecule has 10 heteroatoms. The molecule has 176 valence electrons. The van der Waals surface area contributed by atoms with Gasteiger partial charge in [0.05, 0.1) is 10.6 Å². The Labute approximate surface area is 195 Å². The van der Waals surface area contributed by atoms with E-state index in [4.69, 9.17) is 21.8 Å². The van der Waals surface area contributed by atoms with Gasteiger partial charge in [-0.05, 0) is 69.4 Å². The van der Waals surface area contributed by atoms with E-state index in [1.807, 2.05) is 24.3 Å². The molecule has 1 heterocycles. The summed E-state index contributed by atoms with van der Waals surface area (Å²) in [5.41, 5.74) is 1.89. The number of carboxylic acids is 2. The third-order valence-electron chi connectivity index (χ3n) is 4.75. The van der Waals surface area contributed by atoms with Crippen molar-refractivity contribution in [3.8, 4) is 0 Å². The number of piperidine rings is 1. The van der Waals surface area contributed by atoms with Gasteiger partial charge >= 0.3 is 11.9 Å². The highest BCUT2D eigenvalue weighted by atomic mass is 35.5. The number of anilines is 2. The highest BCUT2D eigenvalue weighted by molar-refractivity contribution is 6.34. The Bertz CT molecular complexity index is 1010. The second kappa shape index (κ2) is 12.6. The molecule has 33 heavy (non-hydrogen) atoms. The molecule has 4 N–H and O–H groups in total. The molecule has 8 nitrogen and oxygen atoms in total. The zero-order chi connectivity index (χ0) is 24.4. The third kappa shape index (κ3) is 9.30. The molecule has 0 bridgehead atoms. The van der Waals surface area contributed by atoms with Crippen molar-refractivity contribution in [2.45, 2.75) is 18.9 Å². The van der Waals surface area contributed by atoms with E-state index in [9.17, 15) is 18.8 Å². The first kappa shape index (κ1) is 25.8. The molecule has 3 rings (SSSR count). The van der Waals surface area contributed by atoms with Gasteiger partial charge in [0, 0.05) is 29.6 Å². The number of hydrogen-bond donors (Lipinski definition) is 4. The number of aliphatic carboxylic acids is 2. The number of nitrogens with zero attached hydrogens (tertiary/aromatic N) is 1. The molecule has 1 aliphatic rings. The summed E-state index contributed by atoms with van der Waals surface area (Å²) in [5, 5.41) is 22.0. The van der Waals surface area contributed by atoms with Crippen LogP contribution in [0.1, 0.15) is 23.2 Å². The summed E-state index contributed by atoms with van der Waals surface area (Å²) in [4.78, 5) is 33.8. The Morgan fingerprint density at radius 2 is 1.64 bits per heavy atom. The first-order valence-electron chi connectivity index (χ1n) is 10.1. The molecule has 0 unspecified atom stereocenters. The zero-order valence-corrected chi connectivity index (χ0v) is 18.7. The van der Waals surface area contributed by atoms with Crippen molar-refractivity contribution < 1.29 is 29.0 Å². The van der Waals surface area contributed by atoms with Crippen LogP contribution >= 0.6 is 11.6 Å². The lowest BCUT2D eigenvalue weighted by atomic mass is 10.1. The minimum atomic E-state index is -1.26. The van der Waals surface area contributed by atoms with E-state index in [1.165, 1.54) is 12.1 Å². The second-order valence-electron chi connectivity index (χ2n) is 7.39. The summed E-state index contributed by atoms with van der Waals surface area (Å²) in [5.74, 6) is -3.34. The number of nitrogens with one attached hydrogen (secondary N) is 2. The molecule has 0 radical (unpaired) electrons. The van der Waals surface area contributed by atoms with Gasteiger partial charge in [0.2, 0.25) is 0 Å². The van der Waals surface area contributed by atoms with Crippen molar-refractivity contribution in [1.82, 2.24) is 4.90 Å². The normalized spacial score (nSPS) is 14.3. The van der Waals surface area contributed by atoms with Crippen molar-refractivity contribution in [3.05, 3.63) is 71.0 Å². The average molecular weight is 478 g/mol. The number of carboxylic acid groups (broad SMARTS) is 2. The molecule has 0 spiro atoms. The lowest BCUT2D eigenvalue weighted by Gasteiger charge is -2.30. The molecule has 1 aliphatic heterocycles. The maximum absolute atomic E-state index is 13.1. The Morgan fingerprint density at radius 3 is 2.21 bits per heavy atom. The van der Waals surface area contributed by atoms with E-state index in [0.29, 0.717) is 23.9 Å². The van der Waals surface area contributed by atoms with E-state index in [1.54, 1.807) is 0 Å². The second-order valence-corrected chi connectivity index (χ2v) is 7.80. The van der Waals surface area contributed by atoms with Gasteiger partial charge in [-0.25, -0.2) is 14.0 Å². The highest BCUT2D eigenvalue weighted by Crippen LogP contribution is 2.22. The van der Waals surface area contributed by atoms with Crippen LogP contribution in [0.3, 0.4) is 0 Å². The molecular formula is C23H25ClFN3O5. The van der Waals surface area contributed by atoms with Crippen LogP contribution < -0.4 is 10.6 Å². The number of rotatable bonds is 6. The fourth-order valence-corrected chi connectivity index (χ4v) is 3.34. The minimum Gasteiger partial charge on any atom is -0.478 e. The largest absolute Gasteiger partial charge is 0.478 e. The quantitative estimate of drug-likeness (QED) is 0.465. The molecule has 1 amide bonds. The fraction of sp³-hybridized carbons (Fsp3) is 0.261. The van der Waals surface area contributed by atoms with Gasteiger partial charge in [-0.2, -0.15) is 0 Å². The van der Waals surface area contributed by atoms with Gasteiger partial charge in [-0.1, -0.05) is 17.7 Å². The predicted molar refractivity (Wildman–Crippen MR) is 124 cm³/mol. The fourth-order valence-electron chi connectivity index (χ4n) is 3.09. The number of benzene rings is 2. The highest BCUT2D eigenvalue weighted by Gasteiger charge is 2.16. The molecule has 0 aromatic heterocycles. The van der Waals surface area contributed by atoms with Crippen molar-refractivity contribution in [2.24, 2.45) is 0 Å². The number of carbonyl (C=O) groups is 3. The molecule has 1 fully saturated rings. The van der Waals surface area contributed by atoms with Crippen molar-refractivity contribution in [2.75, 3.05) is 30.8 Å². The van der Waals surface area contributed by atoms with Crippen LogP contribution in [0.25, 0.3) is 0 Å². The average Bonchev–Trinajstić information content (AvgIpc) is 2.74. The Kier molecular flexibility index (Phi) is 9.84. The molecular weight excluding hydrogens is 453 g/mol. The Morgan fingerprint density at radius 1 is 1.03 bits per heavy atom. The van der Waals surface area contributed by atoms with E-state index < -0.39 is 17.8 Å². The number of halogens is 2. The topological polar surface area (TPSA) is 119 Å². The van der Waals surface area contributed by atoms with E-state index in [-0.39, 0.29) is 16.5 Å². The maximum atomic E-state index is 13.1. The summed E-state index contributed by atoms with van der Waals surface area (Å²) in [6, 6.07) is 11.8. The molecule has 0 atom stereocenters. The SMILES string of the molecule is CN1CCC(Nc2cccc(NC(=O)c3ccc(F)cc3Cl)c2)CC1.O=C(O)/C=C/C(=O)O. The van der Waals surface area contributed by atoms with Gasteiger partial charge in [-0.15, -0.1) is 0 Å².